The van der Waals surface area contributed by atoms with Crippen LogP contribution in [-0.2, 0) is 9.53 Å². The molecule has 0 radical (unpaired) electrons. The molecular weight excluding hydrogens is 215 g/mol. The number of esters is 1. The first-order chi connectivity index (χ1) is 7.58. The number of hydrogen-bond acceptors (Lipinski definition) is 4. The summed E-state index contributed by atoms with van der Waals surface area (Å²) in [6.45, 7) is 0. The molecule has 0 amide bonds. The standard InChI is InChI=1S/C11H13FO4/c1-15-10-4-3-7(12)5-8(10)9(13)6-11(14)16-2/h3-5,9,13H,6H2,1-2H3. The van der Waals surface area contributed by atoms with E-state index in [0.29, 0.717) is 5.75 Å². The molecule has 1 unspecified atom stereocenters. The Morgan fingerprint density at radius 2 is 2.19 bits per heavy atom. The number of carbonyl (C=O) groups is 1. The average Bonchev–Trinajstić information content (AvgIpc) is 2.28. The van der Waals surface area contributed by atoms with Gasteiger partial charge in [-0.3, -0.25) is 4.79 Å². The van der Waals surface area contributed by atoms with Crippen LogP contribution in [0, 0.1) is 5.82 Å². The largest absolute Gasteiger partial charge is 0.496 e. The van der Waals surface area contributed by atoms with Crippen LogP contribution in [0.5, 0.6) is 5.75 Å². The number of ether oxygens (including phenoxy) is 2. The molecule has 0 heterocycles. The highest BCUT2D eigenvalue weighted by molar-refractivity contribution is 5.70. The van der Waals surface area contributed by atoms with Gasteiger partial charge in [-0.05, 0) is 18.2 Å². The second kappa shape index (κ2) is 5.46. The van der Waals surface area contributed by atoms with E-state index in [2.05, 4.69) is 4.74 Å². The van der Waals surface area contributed by atoms with Crippen molar-refractivity contribution in [3.05, 3.63) is 29.6 Å². The third-order valence-electron chi connectivity index (χ3n) is 2.14. The molecule has 0 aliphatic heterocycles. The highest BCUT2D eigenvalue weighted by atomic mass is 19.1. The first-order valence-electron chi connectivity index (χ1n) is 4.66. The van der Waals surface area contributed by atoms with Gasteiger partial charge in [-0.25, -0.2) is 4.39 Å². The average molecular weight is 228 g/mol. The molecule has 88 valence electrons. The van der Waals surface area contributed by atoms with Crippen molar-refractivity contribution in [1.82, 2.24) is 0 Å². The van der Waals surface area contributed by atoms with Crippen LogP contribution in [0.3, 0.4) is 0 Å². The van der Waals surface area contributed by atoms with Gasteiger partial charge >= 0.3 is 5.97 Å². The molecule has 0 fully saturated rings. The van der Waals surface area contributed by atoms with E-state index in [4.69, 9.17) is 4.74 Å². The van der Waals surface area contributed by atoms with Gasteiger partial charge in [0.15, 0.2) is 0 Å². The van der Waals surface area contributed by atoms with Crippen molar-refractivity contribution in [2.75, 3.05) is 14.2 Å². The zero-order chi connectivity index (χ0) is 12.1. The SMILES string of the molecule is COC(=O)CC(O)c1cc(F)ccc1OC. The predicted molar refractivity (Wildman–Crippen MR) is 54.5 cm³/mol. The van der Waals surface area contributed by atoms with Crippen molar-refractivity contribution in [3.8, 4) is 5.75 Å². The molecule has 4 nitrogen and oxygen atoms in total. The number of aliphatic hydroxyl groups excluding tert-OH is 1. The highest BCUT2D eigenvalue weighted by Crippen LogP contribution is 2.28. The molecule has 0 bridgehead atoms. The van der Waals surface area contributed by atoms with Crippen LogP contribution in [0.15, 0.2) is 18.2 Å². The fraction of sp³-hybridized carbons (Fsp3) is 0.364. The van der Waals surface area contributed by atoms with Gasteiger partial charge in [-0.1, -0.05) is 0 Å². The molecule has 0 saturated carbocycles. The minimum absolute atomic E-state index is 0.230. The summed E-state index contributed by atoms with van der Waals surface area (Å²) in [6.07, 6.45) is -1.38. The lowest BCUT2D eigenvalue weighted by atomic mass is 10.1. The number of rotatable bonds is 4. The number of hydrogen-bond donors (Lipinski definition) is 1. The normalized spacial score (nSPS) is 12.0. The lowest BCUT2D eigenvalue weighted by Gasteiger charge is -2.13. The first-order valence-corrected chi connectivity index (χ1v) is 4.66. The van der Waals surface area contributed by atoms with E-state index >= 15 is 0 Å². The van der Waals surface area contributed by atoms with Crippen LogP contribution in [-0.4, -0.2) is 25.3 Å². The Hall–Kier alpha value is -1.62. The highest BCUT2D eigenvalue weighted by Gasteiger charge is 2.18. The third-order valence-corrected chi connectivity index (χ3v) is 2.14. The summed E-state index contributed by atoms with van der Waals surface area (Å²) in [4.78, 5) is 11.0. The first kappa shape index (κ1) is 12.4. The summed E-state index contributed by atoms with van der Waals surface area (Å²) < 4.78 is 22.4. The zero-order valence-corrected chi connectivity index (χ0v) is 9.07. The van der Waals surface area contributed by atoms with Crippen molar-refractivity contribution < 1.29 is 23.8 Å². The van der Waals surface area contributed by atoms with Crippen LogP contribution in [0.1, 0.15) is 18.1 Å². The van der Waals surface area contributed by atoms with Gasteiger partial charge in [0, 0.05) is 5.56 Å². The van der Waals surface area contributed by atoms with E-state index < -0.39 is 17.9 Å². The summed E-state index contributed by atoms with van der Waals surface area (Å²) >= 11 is 0. The van der Waals surface area contributed by atoms with Crippen LogP contribution in [0.25, 0.3) is 0 Å². The van der Waals surface area contributed by atoms with Gasteiger partial charge in [0.25, 0.3) is 0 Å². The summed E-state index contributed by atoms with van der Waals surface area (Å²) in [7, 11) is 2.62. The van der Waals surface area contributed by atoms with Gasteiger partial charge < -0.3 is 14.6 Å². The number of methoxy groups -OCH3 is 2. The molecule has 1 aromatic rings. The van der Waals surface area contributed by atoms with E-state index in [1.165, 1.54) is 26.4 Å². The van der Waals surface area contributed by atoms with Gasteiger partial charge in [-0.15, -0.1) is 0 Å². The smallest absolute Gasteiger partial charge is 0.308 e. The van der Waals surface area contributed by atoms with E-state index in [1.54, 1.807) is 0 Å². The predicted octanol–water partition coefficient (Wildman–Crippen LogP) is 1.43. The lowest BCUT2D eigenvalue weighted by Crippen LogP contribution is -2.09. The fourth-order valence-corrected chi connectivity index (χ4v) is 1.32. The monoisotopic (exact) mass is 228 g/mol. The molecule has 0 aliphatic carbocycles. The van der Waals surface area contributed by atoms with E-state index in [0.717, 1.165) is 6.07 Å². The molecule has 1 atom stereocenters. The molecule has 1 aromatic carbocycles. The summed E-state index contributed by atoms with van der Waals surface area (Å²) in [5.41, 5.74) is 0.230. The molecule has 1 rings (SSSR count). The molecular formula is C11H13FO4. The van der Waals surface area contributed by atoms with Crippen molar-refractivity contribution in [1.29, 1.82) is 0 Å². The topological polar surface area (TPSA) is 55.8 Å². The molecule has 0 saturated heterocycles. The minimum atomic E-state index is -1.14. The molecule has 0 aliphatic rings. The van der Waals surface area contributed by atoms with Crippen LogP contribution in [0.2, 0.25) is 0 Å². The Balaban J connectivity index is 2.92. The maximum Gasteiger partial charge on any atom is 0.308 e. The van der Waals surface area contributed by atoms with Crippen molar-refractivity contribution in [2.45, 2.75) is 12.5 Å². The van der Waals surface area contributed by atoms with Gasteiger partial charge in [0.05, 0.1) is 26.7 Å². The molecule has 0 aromatic heterocycles. The van der Waals surface area contributed by atoms with Gasteiger partial charge in [-0.2, -0.15) is 0 Å². The van der Waals surface area contributed by atoms with Crippen molar-refractivity contribution in [3.63, 3.8) is 0 Å². The zero-order valence-electron chi connectivity index (χ0n) is 9.07. The summed E-state index contributed by atoms with van der Waals surface area (Å²) in [5.74, 6) is -0.740. The molecule has 5 heteroatoms. The van der Waals surface area contributed by atoms with Gasteiger partial charge in [0.2, 0.25) is 0 Å². The quantitative estimate of drug-likeness (QED) is 0.792. The number of carbonyl (C=O) groups excluding carboxylic acids is 1. The van der Waals surface area contributed by atoms with Crippen LogP contribution < -0.4 is 4.74 Å². The second-order valence-electron chi connectivity index (χ2n) is 3.18. The lowest BCUT2D eigenvalue weighted by molar-refractivity contribution is -0.142. The Kier molecular flexibility index (Phi) is 4.25. The van der Waals surface area contributed by atoms with E-state index in [1.807, 2.05) is 0 Å². The summed E-state index contributed by atoms with van der Waals surface area (Å²) in [6, 6.07) is 3.74. The number of halogens is 1. The van der Waals surface area contributed by atoms with Crippen LogP contribution in [0.4, 0.5) is 4.39 Å². The molecule has 16 heavy (non-hydrogen) atoms. The Morgan fingerprint density at radius 1 is 1.50 bits per heavy atom. The van der Waals surface area contributed by atoms with Crippen LogP contribution >= 0.6 is 0 Å². The van der Waals surface area contributed by atoms with Gasteiger partial charge in [0.1, 0.15) is 11.6 Å². The Labute approximate surface area is 92.6 Å². The van der Waals surface area contributed by atoms with Crippen molar-refractivity contribution in [2.24, 2.45) is 0 Å². The maximum absolute atomic E-state index is 13.0. The minimum Gasteiger partial charge on any atom is -0.496 e. The molecule has 0 spiro atoms. The maximum atomic E-state index is 13.0. The third kappa shape index (κ3) is 2.93. The van der Waals surface area contributed by atoms with E-state index in [-0.39, 0.29) is 12.0 Å². The van der Waals surface area contributed by atoms with E-state index in [9.17, 15) is 14.3 Å². The second-order valence-corrected chi connectivity index (χ2v) is 3.18. The summed E-state index contributed by atoms with van der Waals surface area (Å²) in [5, 5.41) is 9.71. The van der Waals surface area contributed by atoms with Crippen molar-refractivity contribution >= 4 is 5.97 Å². The fourth-order valence-electron chi connectivity index (χ4n) is 1.32. The number of aliphatic hydroxyl groups is 1. The molecule has 1 N–H and O–H groups in total. The number of benzene rings is 1. The Bertz CT molecular complexity index is 378. The Morgan fingerprint density at radius 3 is 2.75 bits per heavy atom.